The highest BCUT2D eigenvalue weighted by molar-refractivity contribution is 5.39. The van der Waals surface area contributed by atoms with Gasteiger partial charge in [0.05, 0.1) is 0 Å². The number of benzene rings is 1. The van der Waals surface area contributed by atoms with E-state index in [0.717, 1.165) is 18.6 Å². The predicted molar refractivity (Wildman–Crippen MR) is 80.8 cm³/mol. The second-order valence-electron chi connectivity index (χ2n) is 5.35. The minimum atomic E-state index is 0.303. The van der Waals surface area contributed by atoms with Crippen molar-refractivity contribution in [3.05, 3.63) is 41.0 Å². The van der Waals surface area contributed by atoms with Crippen molar-refractivity contribution in [1.29, 1.82) is 0 Å². The van der Waals surface area contributed by atoms with Crippen LogP contribution in [0.1, 0.15) is 50.7 Å². The number of rotatable bonds is 7. The number of hydrogen-bond donors (Lipinski definition) is 0. The first-order chi connectivity index (χ1) is 9.04. The van der Waals surface area contributed by atoms with Crippen molar-refractivity contribution < 1.29 is 9.47 Å². The normalized spacial score (nSPS) is 12.1. The van der Waals surface area contributed by atoms with Gasteiger partial charge in [-0.15, -0.1) is 0 Å². The van der Waals surface area contributed by atoms with Crippen LogP contribution < -0.4 is 4.74 Å². The summed E-state index contributed by atoms with van der Waals surface area (Å²) in [6.07, 6.45) is 4.54. The molecule has 1 aromatic carbocycles. The molecule has 0 spiro atoms. The number of methoxy groups -OCH3 is 1. The van der Waals surface area contributed by atoms with Crippen LogP contribution in [0, 0.1) is 6.92 Å². The summed E-state index contributed by atoms with van der Waals surface area (Å²) in [7, 11) is 1.65. The number of allylic oxidation sites excluding steroid dienone is 2. The Morgan fingerprint density at radius 3 is 2.68 bits per heavy atom. The Balaban J connectivity index is 2.76. The molecule has 0 aromatic heterocycles. The summed E-state index contributed by atoms with van der Waals surface area (Å²) >= 11 is 0. The number of aryl methyl sites for hydroxylation is 1. The number of hydrogen-bond acceptors (Lipinski definition) is 2. The smallest absolute Gasteiger partial charge is 0.188 e. The van der Waals surface area contributed by atoms with Crippen LogP contribution in [-0.4, -0.2) is 13.9 Å². The molecule has 2 nitrogen and oxygen atoms in total. The average Bonchev–Trinajstić information content (AvgIpc) is 2.35. The molecule has 0 aliphatic carbocycles. The van der Waals surface area contributed by atoms with Crippen molar-refractivity contribution in [2.24, 2.45) is 0 Å². The third-order valence-corrected chi connectivity index (χ3v) is 3.18. The standard InChI is InChI=1S/C17H26O2/c1-13(2)7-6-8-15(4)16-10-9-14(3)11-17(16)19-12-18-5/h7,9-11,15H,6,8,12H2,1-5H3/t15-/m1/s1. The van der Waals surface area contributed by atoms with Crippen molar-refractivity contribution in [3.63, 3.8) is 0 Å². The summed E-state index contributed by atoms with van der Waals surface area (Å²) in [5.74, 6) is 1.44. The maximum Gasteiger partial charge on any atom is 0.188 e. The molecule has 0 radical (unpaired) electrons. The molecule has 106 valence electrons. The van der Waals surface area contributed by atoms with Gasteiger partial charge in [0.25, 0.3) is 0 Å². The van der Waals surface area contributed by atoms with E-state index in [1.54, 1.807) is 7.11 Å². The Morgan fingerprint density at radius 1 is 1.32 bits per heavy atom. The third-order valence-electron chi connectivity index (χ3n) is 3.18. The van der Waals surface area contributed by atoms with Gasteiger partial charge in [-0.25, -0.2) is 0 Å². The van der Waals surface area contributed by atoms with Gasteiger partial charge in [-0.05, 0) is 56.7 Å². The Morgan fingerprint density at radius 2 is 2.05 bits per heavy atom. The predicted octanol–water partition coefficient (Wildman–Crippen LogP) is 4.83. The van der Waals surface area contributed by atoms with Crippen LogP contribution >= 0.6 is 0 Å². The molecule has 1 atom stereocenters. The number of ether oxygens (including phenoxy) is 2. The van der Waals surface area contributed by atoms with Gasteiger partial charge in [0.1, 0.15) is 5.75 Å². The molecule has 0 unspecified atom stereocenters. The Bertz CT molecular complexity index is 417. The highest BCUT2D eigenvalue weighted by Crippen LogP contribution is 2.30. The molecular formula is C17H26O2. The van der Waals surface area contributed by atoms with Crippen molar-refractivity contribution in [2.45, 2.75) is 46.5 Å². The molecule has 0 aliphatic heterocycles. The van der Waals surface area contributed by atoms with E-state index in [1.165, 1.54) is 16.7 Å². The van der Waals surface area contributed by atoms with E-state index >= 15 is 0 Å². The van der Waals surface area contributed by atoms with Crippen LogP contribution in [0.2, 0.25) is 0 Å². The van der Waals surface area contributed by atoms with E-state index in [2.05, 4.69) is 52.0 Å². The van der Waals surface area contributed by atoms with Crippen LogP contribution in [0.15, 0.2) is 29.8 Å². The molecule has 0 fully saturated rings. The zero-order valence-electron chi connectivity index (χ0n) is 12.8. The molecule has 0 saturated heterocycles. The largest absolute Gasteiger partial charge is 0.467 e. The first-order valence-electron chi connectivity index (χ1n) is 6.90. The lowest BCUT2D eigenvalue weighted by Gasteiger charge is -2.17. The van der Waals surface area contributed by atoms with E-state index in [4.69, 9.17) is 9.47 Å². The summed E-state index contributed by atoms with van der Waals surface area (Å²) in [4.78, 5) is 0. The van der Waals surface area contributed by atoms with Crippen LogP contribution in [-0.2, 0) is 4.74 Å². The van der Waals surface area contributed by atoms with Crippen LogP contribution in [0.25, 0.3) is 0 Å². The van der Waals surface area contributed by atoms with E-state index in [0.29, 0.717) is 12.7 Å². The Kier molecular flexibility index (Phi) is 6.65. The van der Waals surface area contributed by atoms with Gasteiger partial charge in [0.15, 0.2) is 6.79 Å². The fourth-order valence-electron chi connectivity index (χ4n) is 2.07. The van der Waals surface area contributed by atoms with Crippen molar-refractivity contribution in [2.75, 3.05) is 13.9 Å². The monoisotopic (exact) mass is 262 g/mol. The Labute approximate surface area is 117 Å². The summed E-state index contributed by atoms with van der Waals surface area (Å²) in [6, 6.07) is 6.41. The van der Waals surface area contributed by atoms with Gasteiger partial charge in [-0.1, -0.05) is 30.7 Å². The van der Waals surface area contributed by atoms with Crippen LogP contribution in [0.5, 0.6) is 5.75 Å². The molecular weight excluding hydrogens is 236 g/mol. The van der Waals surface area contributed by atoms with Crippen LogP contribution in [0.3, 0.4) is 0 Å². The third kappa shape index (κ3) is 5.48. The SMILES string of the molecule is COCOc1cc(C)ccc1[C@H](C)CCC=C(C)C. The molecule has 1 aromatic rings. The van der Waals surface area contributed by atoms with E-state index in [9.17, 15) is 0 Å². The Hall–Kier alpha value is -1.28. The maximum atomic E-state index is 5.68. The van der Waals surface area contributed by atoms with E-state index < -0.39 is 0 Å². The molecule has 19 heavy (non-hydrogen) atoms. The second kappa shape index (κ2) is 8.00. The molecule has 0 saturated carbocycles. The van der Waals surface area contributed by atoms with Crippen LogP contribution in [0.4, 0.5) is 0 Å². The van der Waals surface area contributed by atoms with Gasteiger partial charge in [-0.3, -0.25) is 0 Å². The average molecular weight is 262 g/mol. The molecule has 1 rings (SSSR count). The fraction of sp³-hybridized carbons (Fsp3) is 0.529. The summed E-state index contributed by atoms with van der Waals surface area (Å²) in [5.41, 5.74) is 3.86. The van der Waals surface area contributed by atoms with Gasteiger partial charge in [0.2, 0.25) is 0 Å². The first-order valence-corrected chi connectivity index (χ1v) is 6.90. The van der Waals surface area contributed by atoms with Crippen molar-refractivity contribution in [3.8, 4) is 5.75 Å². The van der Waals surface area contributed by atoms with E-state index in [-0.39, 0.29) is 0 Å². The highest BCUT2D eigenvalue weighted by atomic mass is 16.7. The topological polar surface area (TPSA) is 18.5 Å². The van der Waals surface area contributed by atoms with Gasteiger partial charge >= 0.3 is 0 Å². The first kappa shape index (κ1) is 15.8. The lowest BCUT2D eigenvalue weighted by atomic mass is 9.94. The summed E-state index contributed by atoms with van der Waals surface area (Å²) in [6.45, 7) is 8.92. The van der Waals surface area contributed by atoms with Gasteiger partial charge < -0.3 is 9.47 Å². The zero-order chi connectivity index (χ0) is 14.3. The maximum absolute atomic E-state index is 5.68. The molecule has 0 amide bonds. The van der Waals surface area contributed by atoms with Crippen molar-refractivity contribution >= 4 is 0 Å². The minimum absolute atomic E-state index is 0.303. The molecule has 0 aliphatic rings. The van der Waals surface area contributed by atoms with E-state index in [1.807, 2.05) is 0 Å². The molecule has 0 N–H and O–H groups in total. The van der Waals surface area contributed by atoms with Gasteiger partial charge in [0, 0.05) is 7.11 Å². The van der Waals surface area contributed by atoms with Gasteiger partial charge in [-0.2, -0.15) is 0 Å². The molecule has 2 heteroatoms. The highest BCUT2D eigenvalue weighted by Gasteiger charge is 2.11. The lowest BCUT2D eigenvalue weighted by Crippen LogP contribution is -2.04. The fourth-order valence-corrected chi connectivity index (χ4v) is 2.07. The quantitative estimate of drug-likeness (QED) is 0.517. The van der Waals surface area contributed by atoms with Crippen molar-refractivity contribution in [1.82, 2.24) is 0 Å². The summed E-state index contributed by atoms with van der Waals surface area (Å²) in [5, 5.41) is 0. The molecule has 0 bridgehead atoms. The lowest BCUT2D eigenvalue weighted by molar-refractivity contribution is 0.0501. The molecule has 0 heterocycles. The minimum Gasteiger partial charge on any atom is -0.467 e. The second-order valence-corrected chi connectivity index (χ2v) is 5.35. The zero-order valence-corrected chi connectivity index (χ0v) is 12.8. The summed E-state index contributed by atoms with van der Waals surface area (Å²) < 4.78 is 10.7.